The lowest BCUT2D eigenvalue weighted by Crippen LogP contribution is -2.39. The van der Waals surface area contributed by atoms with E-state index in [1.165, 1.54) is 6.42 Å². The Morgan fingerprint density at radius 1 is 0.774 bits per heavy atom. The Kier molecular flexibility index (Phi) is 9.06. The Morgan fingerprint density at radius 3 is 1.87 bits per heavy atom. The van der Waals surface area contributed by atoms with Gasteiger partial charge in [0.1, 0.15) is 0 Å². The molecule has 0 aromatic heterocycles. The number of rotatable bonds is 9. The van der Waals surface area contributed by atoms with Crippen molar-refractivity contribution < 1.29 is 18.0 Å². The molecule has 0 saturated heterocycles. The fraction of sp³-hybridized carbons (Fsp3) is 0.652. The average molecular weight is 452 g/mol. The van der Waals surface area contributed by atoms with Gasteiger partial charge < -0.3 is 10.6 Å². The smallest absolute Gasteiger partial charge is 0.241 e. The SMILES string of the molecule is Cc1c(C)c(C)c(S(=O)(=O)NCCC(=O)NCCNC(=O)C2CCCCC2)c(C)c1C. The van der Waals surface area contributed by atoms with Gasteiger partial charge in [0.25, 0.3) is 0 Å². The largest absolute Gasteiger partial charge is 0.354 e. The van der Waals surface area contributed by atoms with Crippen molar-refractivity contribution in [2.75, 3.05) is 19.6 Å². The molecule has 1 aliphatic rings. The van der Waals surface area contributed by atoms with Crippen LogP contribution in [-0.2, 0) is 19.6 Å². The van der Waals surface area contributed by atoms with E-state index in [9.17, 15) is 18.0 Å². The highest BCUT2D eigenvalue weighted by molar-refractivity contribution is 7.89. The number of nitrogens with one attached hydrogen (secondary N) is 3. The molecular weight excluding hydrogens is 414 g/mol. The molecule has 31 heavy (non-hydrogen) atoms. The summed E-state index contributed by atoms with van der Waals surface area (Å²) in [7, 11) is -3.71. The van der Waals surface area contributed by atoms with E-state index in [1.807, 2.05) is 34.6 Å². The number of sulfonamides is 1. The van der Waals surface area contributed by atoms with E-state index in [2.05, 4.69) is 15.4 Å². The second-order valence-electron chi connectivity index (χ2n) is 8.58. The molecule has 1 fully saturated rings. The second kappa shape index (κ2) is 11.1. The Labute approximate surface area is 186 Å². The average Bonchev–Trinajstić information content (AvgIpc) is 2.74. The maximum Gasteiger partial charge on any atom is 0.241 e. The van der Waals surface area contributed by atoms with Gasteiger partial charge in [0, 0.05) is 32.0 Å². The third-order valence-corrected chi connectivity index (χ3v) is 8.30. The third kappa shape index (κ3) is 6.53. The van der Waals surface area contributed by atoms with Crippen LogP contribution in [0.2, 0.25) is 0 Å². The number of benzene rings is 1. The fourth-order valence-electron chi connectivity index (χ4n) is 4.22. The van der Waals surface area contributed by atoms with Crippen LogP contribution in [0.5, 0.6) is 0 Å². The maximum absolute atomic E-state index is 12.9. The van der Waals surface area contributed by atoms with Crippen LogP contribution in [0.3, 0.4) is 0 Å². The molecule has 0 aliphatic heterocycles. The van der Waals surface area contributed by atoms with E-state index < -0.39 is 10.0 Å². The summed E-state index contributed by atoms with van der Waals surface area (Å²) in [6.45, 7) is 10.2. The lowest BCUT2D eigenvalue weighted by atomic mass is 9.89. The summed E-state index contributed by atoms with van der Waals surface area (Å²) in [4.78, 5) is 24.4. The molecule has 0 heterocycles. The predicted octanol–water partition coefficient (Wildman–Crippen LogP) is 2.71. The number of carbonyl (C=O) groups is 2. The maximum atomic E-state index is 12.9. The van der Waals surface area contributed by atoms with Crippen LogP contribution in [-0.4, -0.2) is 39.9 Å². The van der Waals surface area contributed by atoms with Gasteiger partial charge in [-0.3, -0.25) is 9.59 Å². The molecule has 2 amide bonds. The van der Waals surface area contributed by atoms with Gasteiger partial charge in [0.05, 0.1) is 4.90 Å². The molecule has 2 rings (SSSR count). The zero-order valence-electron chi connectivity index (χ0n) is 19.5. The third-order valence-electron chi connectivity index (χ3n) is 6.57. The molecule has 0 bridgehead atoms. The lowest BCUT2D eigenvalue weighted by molar-refractivity contribution is -0.126. The molecule has 8 heteroatoms. The zero-order chi connectivity index (χ0) is 23.2. The van der Waals surface area contributed by atoms with E-state index in [0.717, 1.165) is 53.5 Å². The van der Waals surface area contributed by atoms with Crippen LogP contribution in [0, 0.1) is 40.5 Å². The fourth-order valence-corrected chi connectivity index (χ4v) is 5.85. The van der Waals surface area contributed by atoms with E-state index in [-0.39, 0.29) is 30.7 Å². The molecule has 3 N–H and O–H groups in total. The van der Waals surface area contributed by atoms with Crippen molar-refractivity contribution in [3.05, 3.63) is 27.8 Å². The van der Waals surface area contributed by atoms with Crippen LogP contribution < -0.4 is 15.4 Å². The first-order valence-corrected chi connectivity index (χ1v) is 12.7. The van der Waals surface area contributed by atoms with E-state index in [0.29, 0.717) is 18.0 Å². The zero-order valence-corrected chi connectivity index (χ0v) is 20.3. The standard InChI is InChI=1S/C23H37N3O4S/c1-15-16(2)18(4)22(19(5)17(15)3)31(29,30)26-12-11-21(27)24-13-14-25-23(28)20-9-7-6-8-10-20/h20,26H,6-14H2,1-5H3,(H,24,27)(H,25,28). The Bertz CT molecular complexity index is 890. The molecule has 174 valence electrons. The van der Waals surface area contributed by atoms with Gasteiger partial charge in [-0.2, -0.15) is 0 Å². The minimum Gasteiger partial charge on any atom is -0.354 e. The Hall–Kier alpha value is -1.93. The molecule has 1 aromatic rings. The van der Waals surface area contributed by atoms with Crippen LogP contribution in [0.25, 0.3) is 0 Å². The Morgan fingerprint density at radius 2 is 1.29 bits per heavy atom. The molecule has 1 aliphatic carbocycles. The molecule has 1 saturated carbocycles. The first kappa shape index (κ1) is 25.3. The molecular formula is C23H37N3O4S. The van der Waals surface area contributed by atoms with Gasteiger partial charge in [-0.15, -0.1) is 0 Å². The minimum absolute atomic E-state index is 0.0213. The number of hydrogen-bond donors (Lipinski definition) is 3. The lowest BCUT2D eigenvalue weighted by Gasteiger charge is -2.20. The van der Waals surface area contributed by atoms with E-state index in [4.69, 9.17) is 0 Å². The summed E-state index contributed by atoms with van der Waals surface area (Å²) in [6.07, 6.45) is 5.33. The van der Waals surface area contributed by atoms with Gasteiger partial charge in [0.2, 0.25) is 21.8 Å². The molecule has 7 nitrogen and oxygen atoms in total. The predicted molar refractivity (Wildman–Crippen MR) is 123 cm³/mol. The summed E-state index contributed by atoms with van der Waals surface area (Å²) in [5.74, 6) is -0.0877. The van der Waals surface area contributed by atoms with Crippen LogP contribution >= 0.6 is 0 Å². The van der Waals surface area contributed by atoms with Gasteiger partial charge in [-0.05, 0) is 75.3 Å². The quantitative estimate of drug-likeness (QED) is 0.502. The first-order chi connectivity index (χ1) is 14.6. The van der Waals surface area contributed by atoms with Crippen molar-refractivity contribution in [1.82, 2.24) is 15.4 Å². The van der Waals surface area contributed by atoms with Crippen molar-refractivity contribution in [2.24, 2.45) is 5.92 Å². The number of carbonyl (C=O) groups excluding carboxylic acids is 2. The molecule has 0 atom stereocenters. The highest BCUT2D eigenvalue weighted by Gasteiger charge is 2.23. The van der Waals surface area contributed by atoms with Crippen molar-refractivity contribution in [3.8, 4) is 0 Å². The number of hydrogen-bond acceptors (Lipinski definition) is 4. The summed E-state index contributed by atoms with van der Waals surface area (Å²) < 4.78 is 28.3. The van der Waals surface area contributed by atoms with Crippen molar-refractivity contribution >= 4 is 21.8 Å². The van der Waals surface area contributed by atoms with Crippen molar-refractivity contribution in [1.29, 1.82) is 0 Å². The Balaban J connectivity index is 1.78. The van der Waals surface area contributed by atoms with Crippen LogP contribution in [0.1, 0.15) is 66.3 Å². The van der Waals surface area contributed by atoms with E-state index in [1.54, 1.807) is 0 Å². The monoisotopic (exact) mass is 451 g/mol. The van der Waals surface area contributed by atoms with Crippen LogP contribution in [0.15, 0.2) is 4.90 Å². The topological polar surface area (TPSA) is 104 Å². The first-order valence-electron chi connectivity index (χ1n) is 11.2. The summed E-state index contributed by atoms with van der Waals surface area (Å²) in [5, 5.41) is 5.60. The summed E-state index contributed by atoms with van der Waals surface area (Å²) in [6, 6.07) is 0. The molecule has 1 aromatic carbocycles. The highest BCUT2D eigenvalue weighted by atomic mass is 32.2. The minimum atomic E-state index is -3.71. The van der Waals surface area contributed by atoms with Gasteiger partial charge in [-0.1, -0.05) is 19.3 Å². The molecule has 0 spiro atoms. The van der Waals surface area contributed by atoms with Gasteiger partial charge in [0.15, 0.2) is 0 Å². The summed E-state index contributed by atoms with van der Waals surface area (Å²) >= 11 is 0. The van der Waals surface area contributed by atoms with Crippen LogP contribution in [0.4, 0.5) is 0 Å². The normalized spacial score (nSPS) is 15.0. The van der Waals surface area contributed by atoms with Gasteiger partial charge in [-0.25, -0.2) is 13.1 Å². The highest BCUT2D eigenvalue weighted by Crippen LogP contribution is 2.29. The van der Waals surface area contributed by atoms with Gasteiger partial charge >= 0.3 is 0 Å². The molecule has 0 radical (unpaired) electrons. The number of amides is 2. The summed E-state index contributed by atoms with van der Waals surface area (Å²) in [5.41, 5.74) is 4.52. The van der Waals surface area contributed by atoms with Crippen molar-refractivity contribution in [3.63, 3.8) is 0 Å². The second-order valence-corrected chi connectivity index (χ2v) is 10.3. The van der Waals surface area contributed by atoms with Crippen molar-refractivity contribution in [2.45, 2.75) is 78.0 Å². The van der Waals surface area contributed by atoms with E-state index >= 15 is 0 Å². The molecule has 0 unspecified atom stereocenters.